The number of carbonyl (C=O) groups is 1. The van der Waals surface area contributed by atoms with Crippen molar-refractivity contribution in [1.29, 1.82) is 0 Å². The second-order valence-electron chi connectivity index (χ2n) is 6.47. The van der Waals surface area contributed by atoms with Crippen LogP contribution in [0.15, 0.2) is 30.3 Å². The van der Waals surface area contributed by atoms with Crippen molar-refractivity contribution < 1.29 is 9.72 Å². The average Bonchev–Trinajstić information content (AvgIpc) is 2.83. The van der Waals surface area contributed by atoms with Gasteiger partial charge in [0.2, 0.25) is 5.91 Å². The number of hydrogen-bond donors (Lipinski definition) is 0. The van der Waals surface area contributed by atoms with Crippen LogP contribution in [-0.4, -0.2) is 78.9 Å². The Balaban J connectivity index is 1.94. The number of amides is 1. The van der Waals surface area contributed by atoms with Crippen LogP contribution in [0.1, 0.15) is 12.0 Å². The Labute approximate surface area is 148 Å². The number of nitrogens with zero attached hydrogens (tertiary/aromatic N) is 4. The van der Waals surface area contributed by atoms with Gasteiger partial charge >= 0.3 is 0 Å². The molecule has 7 nitrogen and oxygen atoms in total. The van der Waals surface area contributed by atoms with E-state index in [0.29, 0.717) is 12.1 Å². The van der Waals surface area contributed by atoms with Crippen LogP contribution in [0.3, 0.4) is 0 Å². The number of nitro groups is 1. The van der Waals surface area contributed by atoms with Crippen molar-refractivity contribution in [2.75, 3.05) is 53.4 Å². The minimum absolute atomic E-state index is 0.0114. The van der Waals surface area contributed by atoms with Crippen molar-refractivity contribution in [2.45, 2.75) is 6.42 Å². The van der Waals surface area contributed by atoms with Crippen molar-refractivity contribution in [3.05, 3.63) is 46.0 Å². The maximum atomic E-state index is 12.4. The molecule has 136 valence electrons. The summed E-state index contributed by atoms with van der Waals surface area (Å²) in [6, 6.07) is 6.44. The molecule has 0 saturated carbocycles. The molecule has 0 radical (unpaired) electrons. The highest BCUT2D eigenvalue weighted by atomic mass is 16.6. The fourth-order valence-electron chi connectivity index (χ4n) is 2.82. The lowest BCUT2D eigenvalue weighted by Crippen LogP contribution is -2.36. The standard InChI is InChI=1S/C18H26N4O3/c1-19(2)12-13-20-10-5-11-21(15-14-20)18(23)9-8-16-6-3-4-7-17(16)22(24)25/h3-4,6-9H,5,10-15H2,1-2H3/b9-8+. The van der Waals surface area contributed by atoms with Crippen molar-refractivity contribution in [2.24, 2.45) is 0 Å². The van der Waals surface area contributed by atoms with Crippen molar-refractivity contribution in [1.82, 2.24) is 14.7 Å². The monoisotopic (exact) mass is 346 g/mol. The summed E-state index contributed by atoms with van der Waals surface area (Å²) in [5, 5.41) is 11.0. The van der Waals surface area contributed by atoms with Crippen molar-refractivity contribution in [3.8, 4) is 0 Å². The fourth-order valence-corrected chi connectivity index (χ4v) is 2.82. The highest BCUT2D eigenvalue weighted by Gasteiger charge is 2.18. The van der Waals surface area contributed by atoms with Gasteiger partial charge in [0.15, 0.2) is 0 Å². The molecule has 25 heavy (non-hydrogen) atoms. The predicted octanol–water partition coefficient (Wildman–Crippen LogP) is 1.70. The zero-order valence-electron chi connectivity index (χ0n) is 14.9. The first-order valence-corrected chi connectivity index (χ1v) is 8.55. The van der Waals surface area contributed by atoms with E-state index in [1.54, 1.807) is 18.2 Å². The summed E-state index contributed by atoms with van der Waals surface area (Å²) >= 11 is 0. The largest absolute Gasteiger partial charge is 0.338 e. The molecular formula is C18H26N4O3. The van der Waals surface area contributed by atoms with E-state index in [1.807, 2.05) is 4.90 Å². The van der Waals surface area contributed by atoms with Gasteiger partial charge in [-0.05, 0) is 39.2 Å². The molecule has 0 unspecified atom stereocenters. The Kier molecular flexibility index (Phi) is 7.09. The molecule has 1 aliphatic rings. The Morgan fingerprint density at radius 1 is 1.24 bits per heavy atom. The second-order valence-corrected chi connectivity index (χ2v) is 6.47. The van der Waals surface area contributed by atoms with E-state index in [-0.39, 0.29) is 11.6 Å². The van der Waals surface area contributed by atoms with Gasteiger partial charge in [0.05, 0.1) is 10.5 Å². The third-order valence-corrected chi connectivity index (χ3v) is 4.30. The van der Waals surface area contributed by atoms with Crippen LogP contribution in [0.2, 0.25) is 0 Å². The molecule has 0 spiro atoms. The third kappa shape index (κ3) is 5.95. The Hall–Kier alpha value is -2.25. The van der Waals surface area contributed by atoms with Gasteiger partial charge < -0.3 is 14.7 Å². The number of nitro benzene ring substituents is 1. The van der Waals surface area contributed by atoms with Crippen LogP contribution in [-0.2, 0) is 4.79 Å². The summed E-state index contributed by atoms with van der Waals surface area (Å²) in [7, 11) is 4.11. The summed E-state index contributed by atoms with van der Waals surface area (Å²) in [5.74, 6) is -0.0902. The van der Waals surface area contributed by atoms with Crippen LogP contribution >= 0.6 is 0 Å². The minimum atomic E-state index is -0.432. The number of rotatable bonds is 6. The molecule has 0 aromatic heterocycles. The smallest absolute Gasteiger partial charge is 0.276 e. The molecule has 1 amide bonds. The molecule has 0 bridgehead atoms. The first kappa shape index (κ1) is 19.1. The van der Waals surface area contributed by atoms with E-state index in [2.05, 4.69) is 23.9 Å². The predicted molar refractivity (Wildman–Crippen MR) is 98.3 cm³/mol. The van der Waals surface area contributed by atoms with Gasteiger partial charge in [-0.3, -0.25) is 14.9 Å². The van der Waals surface area contributed by atoms with E-state index in [4.69, 9.17) is 0 Å². The highest BCUT2D eigenvalue weighted by molar-refractivity contribution is 5.92. The van der Waals surface area contributed by atoms with E-state index >= 15 is 0 Å². The molecule has 1 heterocycles. The van der Waals surface area contributed by atoms with E-state index < -0.39 is 4.92 Å². The molecular weight excluding hydrogens is 320 g/mol. The number of para-hydroxylation sites is 1. The van der Waals surface area contributed by atoms with Crippen LogP contribution in [0, 0.1) is 10.1 Å². The second kappa shape index (κ2) is 9.29. The number of benzene rings is 1. The molecule has 0 N–H and O–H groups in total. The Morgan fingerprint density at radius 2 is 2.00 bits per heavy atom. The number of carbonyl (C=O) groups excluding carboxylic acids is 1. The van der Waals surface area contributed by atoms with Crippen molar-refractivity contribution in [3.63, 3.8) is 0 Å². The van der Waals surface area contributed by atoms with Gasteiger partial charge in [-0.1, -0.05) is 12.1 Å². The summed E-state index contributed by atoms with van der Waals surface area (Å²) < 4.78 is 0. The van der Waals surface area contributed by atoms with Crippen molar-refractivity contribution >= 4 is 17.7 Å². The Morgan fingerprint density at radius 3 is 2.72 bits per heavy atom. The molecule has 1 aromatic carbocycles. The maximum absolute atomic E-state index is 12.4. The van der Waals surface area contributed by atoms with E-state index in [0.717, 1.165) is 39.1 Å². The normalized spacial score (nSPS) is 16.4. The van der Waals surface area contributed by atoms with Gasteiger partial charge in [0.25, 0.3) is 5.69 Å². The summed E-state index contributed by atoms with van der Waals surface area (Å²) in [5.41, 5.74) is 0.459. The molecule has 7 heteroatoms. The van der Waals surface area contributed by atoms with Crippen LogP contribution in [0.4, 0.5) is 5.69 Å². The quantitative estimate of drug-likeness (QED) is 0.445. The first-order chi connectivity index (χ1) is 12.0. The summed E-state index contributed by atoms with van der Waals surface area (Å²) in [6.07, 6.45) is 3.92. The van der Waals surface area contributed by atoms with Gasteiger partial charge in [0.1, 0.15) is 0 Å². The van der Waals surface area contributed by atoms with Crippen LogP contribution < -0.4 is 0 Å². The topological polar surface area (TPSA) is 69.9 Å². The number of likely N-dealkylation sites (N-methyl/N-ethyl adjacent to an activating group) is 1. The molecule has 0 aliphatic carbocycles. The van der Waals surface area contributed by atoms with Crippen LogP contribution in [0.25, 0.3) is 6.08 Å². The van der Waals surface area contributed by atoms with E-state index in [1.165, 1.54) is 18.2 Å². The Bertz CT molecular complexity index is 631. The lowest BCUT2D eigenvalue weighted by atomic mass is 10.1. The average molecular weight is 346 g/mol. The lowest BCUT2D eigenvalue weighted by Gasteiger charge is -2.22. The lowest BCUT2D eigenvalue weighted by molar-refractivity contribution is -0.385. The summed E-state index contributed by atoms with van der Waals surface area (Å²) in [4.78, 5) is 29.4. The SMILES string of the molecule is CN(C)CCN1CCCN(C(=O)/C=C/c2ccccc2[N+](=O)[O-])CC1. The van der Waals surface area contributed by atoms with Crippen LogP contribution in [0.5, 0.6) is 0 Å². The maximum Gasteiger partial charge on any atom is 0.276 e. The third-order valence-electron chi connectivity index (χ3n) is 4.30. The molecule has 1 fully saturated rings. The molecule has 1 aromatic rings. The van der Waals surface area contributed by atoms with Gasteiger partial charge in [-0.25, -0.2) is 0 Å². The molecule has 2 rings (SSSR count). The molecule has 0 atom stereocenters. The van der Waals surface area contributed by atoms with Gasteiger partial charge in [0, 0.05) is 44.9 Å². The van der Waals surface area contributed by atoms with Gasteiger partial charge in [-0.2, -0.15) is 0 Å². The first-order valence-electron chi connectivity index (χ1n) is 8.55. The fraction of sp³-hybridized carbons (Fsp3) is 0.500. The molecule has 1 aliphatic heterocycles. The number of hydrogen-bond acceptors (Lipinski definition) is 5. The highest BCUT2D eigenvalue weighted by Crippen LogP contribution is 2.19. The zero-order valence-corrected chi connectivity index (χ0v) is 14.9. The minimum Gasteiger partial charge on any atom is -0.338 e. The molecule has 1 saturated heterocycles. The van der Waals surface area contributed by atoms with Gasteiger partial charge in [-0.15, -0.1) is 0 Å². The summed E-state index contributed by atoms with van der Waals surface area (Å²) in [6.45, 7) is 5.27. The van der Waals surface area contributed by atoms with E-state index in [9.17, 15) is 14.9 Å². The zero-order chi connectivity index (χ0) is 18.2.